The van der Waals surface area contributed by atoms with Gasteiger partial charge in [-0.3, -0.25) is 14.4 Å². The maximum absolute atomic E-state index is 13.7. The zero-order chi connectivity index (χ0) is 23.1. The number of piperidine rings is 1. The summed E-state index contributed by atoms with van der Waals surface area (Å²) >= 11 is 0. The largest absolute Gasteiger partial charge is 0.463 e. The molecular formula is C25H33N5O3. The van der Waals surface area contributed by atoms with Crippen LogP contribution in [-0.4, -0.2) is 75.4 Å². The summed E-state index contributed by atoms with van der Waals surface area (Å²) in [6.07, 6.45) is 4.25. The highest BCUT2D eigenvalue weighted by molar-refractivity contribution is 6.07. The lowest BCUT2D eigenvalue weighted by atomic mass is 9.94. The molecule has 1 amide bonds. The van der Waals surface area contributed by atoms with Crippen molar-refractivity contribution in [1.82, 2.24) is 24.6 Å². The van der Waals surface area contributed by atoms with Crippen LogP contribution in [0.1, 0.15) is 42.7 Å². The van der Waals surface area contributed by atoms with Crippen molar-refractivity contribution < 1.29 is 13.9 Å². The zero-order valence-electron chi connectivity index (χ0n) is 20.0. The van der Waals surface area contributed by atoms with Crippen molar-refractivity contribution in [3.05, 3.63) is 35.7 Å². The van der Waals surface area contributed by atoms with E-state index in [2.05, 4.69) is 23.8 Å². The van der Waals surface area contributed by atoms with Gasteiger partial charge < -0.3 is 14.1 Å². The Hall–Kier alpha value is -2.71. The number of aromatic nitrogens is 3. The van der Waals surface area contributed by atoms with Crippen LogP contribution in [0.5, 0.6) is 0 Å². The van der Waals surface area contributed by atoms with E-state index < -0.39 is 0 Å². The number of pyridine rings is 1. The maximum Gasteiger partial charge on any atom is 0.254 e. The van der Waals surface area contributed by atoms with Crippen LogP contribution < -0.4 is 0 Å². The third-order valence-corrected chi connectivity index (χ3v) is 6.89. The number of morpholine rings is 1. The van der Waals surface area contributed by atoms with Gasteiger partial charge in [-0.05, 0) is 57.7 Å². The number of carbonyl (C=O) groups excluding carboxylic acids is 1. The number of carbonyl (C=O) groups is 1. The molecule has 3 aromatic heterocycles. The Morgan fingerprint density at radius 3 is 2.58 bits per heavy atom. The van der Waals surface area contributed by atoms with Gasteiger partial charge in [0, 0.05) is 39.8 Å². The fraction of sp³-hybridized carbons (Fsp3) is 0.560. The second kappa shape index (κ2) is 8.91. The second-order valence-electron chi connectivity index (χ2n) is 9.65. The maximum atomic E-state index is 13.7. The predicted molar refractivity (Wildman–Crippen MR) is 126 cm³/mol. The van der Waals surface area contributed by atoms with E-state index in [-0.39, 0.29) is 18.1 Å². The van der Waals surface area contributed by atoms with Gasteiger partial charge in [0.1, 0.15) is 5.69 Å². The van der Waals surface area contributed by atoms with Gasteiger partial charge in [0.25, 0.3) is 5.91 Å². The van der Waals surface area contributed by atoms with Crippen molar-refractivity contribution in [2.75, 3.05) is 32.7 Å². The lowest BCUT2D eigenvalue weighted by Gasteiger charge is -2.39. The Morgan fingerprint density at radius 2 is 1.91 bits per heavy atom. The molecule has 0 radical (unpaired) electrons. The van der Waals surface area contributed by atoms with E-state index in [1.807, 2.05) is 37.1 Å². The molecule has 2 unspecified atom stereocenters. The SMILES string of the molecule is Cc1nn(C)c2nc(-c3ccco3)cc(C(=O)N3CCC(CN4CC(C)OC(C)C4)CC3)c12. The molecule has 2 atom stereocenters. The van der Waals surface area contributed by atoms with E-state index in [1.54, 1.807) is 10.9 Å². The number of ether oxygens (including phenoxy) is 1. The third kappa shape index (κ3) is 4.42. The fourth-order valence-electron chi connectivity index (χ4n) is 5.45. The van der Waals surface area contributed by atoms with Gasteiger partial charge >= 0.3 is 0 Å². The number of hydrogen-bond donors (Lipinski definition) is 0. The summed E-state index contributed by atoms with van der Waals surface area (Å²) in [7, 11) is 1.86. The Balaban J connectivity index is 1.33. The molecule has 0 aliphatic carbocycles. The van der Waals surface area contributed by atoms with Crippen molar-refractivity contribution in [3.63, 3.8) is 0 Å². The van der Waals surface area contributed by atoms with Crippen molar-refractivity contribution in [3.8, 4) is 11.5 Å². The number of amides is 1. The summed E-state index contributed by atoms with van der Waals surface area (Å²) < 4.78 is 13.2. The smallest absolute Gasteiger partial charge is 0.254 e. The molecule has 2 saturated heterocycles. The number of nitrogens with zero attached hydrogens (tertiary/aromatic N) is 5. The predicted octanol–water partition coefficient (Wildman–Crippen LogP) is 3.50. The first-order chi connectivity index (χ1) is 15.9. The number of furan rings is 1. The average Bonchev–Trinajstić information content (AvgIpc) is 3.41. The Bertz CT molecular complexity index is 1120. The summed E-state index contributed by atoms with van der Waals surface area (Å²) in [5, 5.41) is 5.36. The minimum atomic E-state index is 0.0540. The van der Waals surface area contributed by atoms with Crippen LogP contribution in [0.15, 0.2) is 28.9 Å². The highest BCUT2D eigenvalue weighted by Crippen LogP contribution is 2.29. The standard InChI is InChI=1S/C25H33N5O3/c1-16-13-29(14-17(2)33-16)15-19-7-9-30(10-8-19)25(31)20-12-21(22-6-5-11-32-22)26-24-23(20)18(3)27-28(24)4/h5-6,11-12,16-17,19H,7-10,13-15H2,1-4H3. The molecular weight excluding hydrogens is 418 g/mol. The first kappa shape index (κ1) is 22.1. The molecule has 0 saturated carbocycles. The number of rotatable bonds is 4. The van der Waals surface area contributed by atoms with E-state index in [0.29, 0.717) is 28.6 Å². The average molecular weight is 452 g/mol. The minimum Gasteiger partial charge on any atom is -0.463 e. The quantitative estimate of drug-likeness (QED) is 0.604. The highest BCUT2D eigenvalue weighted by Gasteiger charge is 2.30. The number of aryl methyl sites for hydroxylation is 2. The summed E-state index contributed by atoms with van der Waals surface area (Å²) in [6, 6.07) is 5.56. The number of hydrogen-bond acceptors (Lipinski definition) is 6. The molecule has 2 fully saturated rings. The van der Waals surface area contributed by atoms with E-state index >= 15 is 0 Å². The van der Waals surface area contributed by atoms with Crippen molar-refractivity contribution in [1.29, 1.82) is 0 Å². The number of likely N-dealkylation sites (tertiary alicyclic amines) is 1. The van der Waals surface area contributed by atoms with Crippen molar-refractivity contribution in [2.45, 2.75) is 45.8 Å². The van der Waals surface area contributed by atoms with Gasteiger partial charge in [-0.1, -0.05) is 0 Å². The monoisotopic (exact) mass is 451 g/mol. The molecule has 3 aromatic rings. The normalized spacial score (nSPS) is 22.8. The molecule has 0 N–H and O–H groups in total. The van der Waals surface area contributed by atoms with Gasteiger partial charge in [0.05, 0.1) is 35.1 Å². The van der Waals surface area contributed by atoms with E-state index in [1.165, 1.54) is 0 Å². The molecule has 5 heterocycles. The molecule has 0 spiro atoms. The topological polar surface area (TPSA) is 76.6 Å². The fourth-order valence-corrected chi connectivity index (χ4v) is 5.45. The molecule has 0 aromatic carbocycles. The Morgan fingerprint density at radius 1 is 1.18 bits per heavy atom. The van der Waals surface area contributed by atoms with Gasteiger partial charge in [-0.15, -0.1) is 0 Å². The molecule has 8 heteroatoms. The van der Waals surface area contributed by atoms with Crippen LogP contribution in [0.4, 0.5) is 0 Å². The van der Waals surface area contributed by atoms with Crippen LogP contribution in [0.2, 0.25) is 0 Å². The Labute approximate surface area is 194 Å². The molecule has 2 aliphatic rings. The molecule has 0 bridgehead atoms. The third-order valence-electron chi connectivity index (χ3n) is 6.89. The van der Waals surface area contributed by atoms with Crippen molar-refractivity contribution >= 4 is 16.9 Å². The minimum absolute atomic E-state index is 0.0540. The first-order valence-corrected chi connectivity index (χ1v) is 11.9. The van der Waals surface area contributed by atoms with Gasteiger partial charge in [-0.25, -0.2) is 4.98 Å². The summed E-state index contributed by atoms with van der Waals surface area (Å²) in [6.45, 7) is 10.9. The van der Waals surface area contributed by atoms with E-state index in [0.717, 1.165) is 56.6 Å². The molecule has 2 aliphatic heterocycles. The van der Waals surface area contributed by atoms with Gasteiger partial charge in [0.15, 0.2) is 11.4 Å². The van der Waals surface area contributed by atoms with Crippen molar-refractivity contribution in [2.24, 2.45) is 13.0 Å². The zero-order valence-corrected chi connectivity index (χ0v) is 20.0. The number of fused-ring (bicyclic) bond motifs is 1. The van der Waals surface area contributed by atoms with E-state index in [9.17, 15) is 4.79 Å². The molecule has 8 nitrogen and oxygen atoms in total. The summed E-state index contributed by atoms with van der Waals surface area (Å²) in [5.74, 6) is 1.32. The lowest BCUT2D eigenvalue weighted by molar-refractivity contribution is -0.0728. The molecule has 176 valence electrons. The van der Waals surface area contributed by atoms with Crippen LogP contribution in [0.3, 0.4) is 0 Å². The molecule has 5 rings (SSSR count). The van der Waals surface area contributed by atoms with Crippen LogP contribution >= 0.6 is 0 Å². The van der Waals surface area contributed by atoms with Gasteiger partial charge in [0.2, 0.25) is 0 Å². The van der Waals surface area contributed by atoms with Gasteiger partial charge in [-0.2, -0.15) is 5.10 Å². The van der Waals surface area contributed by atoms with Crippen LogP contribution in [0.25, 0.3) is 22.5 Å². The van der Waals surface area contributed by atoms with Crippen LogP contribution in [0, 0.1) is 12.8 Å². The summed E-state index contributed by atoms with van der Waals surface area (Å²) in [5.41, 5.74) is 2.84. The highest BCUT2D eigenvalue weighted by atomic mass is 16.5. The van der Waals surface area contributed by atoms with E-state index in [4.69, 9.17) is 14.1 Å². The molecule has 33 heavy (non-hydrogen) atoms. The summed E-state index contributed by atoms with van der Waals surface area (Å²) in [4.78, 5) is 22.9. The van der Waals surface area contributed by atoms with Crippen LogP contribution in [-0.2, 0) is 11.8 Å². The second-order valence-corrected chi connectivity index (χ2v) is 9.65. The Kier molecular flexibility index (Phi) is 5.97. The lowest BCUT2D eigenvalue weighted by Crippen LogP contribution is -2.48. The first-order valence-electron chi connectivity index (χ1n) is 11.9.